The Labute approximate surface area is 109 Å². The Morgan fingerprint density at radius 2 is 2.24 bits per heavy atom. The number of fused-ring (bicyclic) bond motifs is 1. The van der Waals surface area contributed by atoms with Crippen molar-refractivity contribution in [3.05, 3.63) is 29.3 Å². The van der Waals surface area contributed by atoms with Crippen molar-refractivity contribution < 1.29 is 4.74 Å². The van der Waals surface area contributed by atoms with E-state index in [-0.39, 0.29) is 5.38 Å². The van der Waals surface area contributed by atoms with Crippen LogP contribution in [0.5, 0.6) is 5.75 Å². The average molecular weight is 253 g/mol. The summed E-state index contributed by atoms with van der Waals surface area (Å²) in [6.07, 6.45) is 3.55. The number of benzene rings is 1. The second-order valence-electron chi connectivity index (χ2n) is 5.14. The number of alkyl halides is 1. The molecule has 1 aliphatic rings. The van der Waals surface area contributed by atoms with E-state index in [1.807, 2.05) is 0 Å². The summed E-state index contributed by atoms with van der Waals surface area (Å²) in [5.74, 6) is 1.62. The van der Waals surface area contributed by atoms with Gasteiger partial charge in [-0.05, 0) is 37.8 Å². The van der Waals surface area contributed by atoms with Gasteiger partial charge in [0.1, 0.15) is 11.9 Å². The van der Waals surface area contributed by atoms with E-state index in [4.69, 9.17) is 16.3 Å². The van der Waals surface area contributed by atoms with Crippen LogP contribution in [0.4, 0.5) is 0 Å². The first-order chi connectivity index (χ1) is 8.10. The van der Waals surface area contributed by atoms with Gasteiger partial charge in [0, 0.05) is 11.8 Å². The number of hydrogen-bond donors (Lipinski definition) is 0. The van der Waals surface area contributed by atoms with Crippen molar-refractivity contribution in [2.75, 3.05) is 0 Å². The molecule has 1 aromatic rings. The maximum absolute atomic E-state index is 6.20. The standard InChI is InChI=1S/C15H21ClO/c1-4-12(11(3)16)8-14-9-13-7-10(2)5-6-15(13)17-14/h5-7,11-12,14H,4,8-9H2,1-3H3. The summed E-state index contributed by atoms with van der Waals surface area (Å²) in [6, 6.07) is 6.44. The first-order valence-corrected chi connectivity index (χ1v) is 6.94. The lowest BCUT2D eigenvalue weighted by molar-refractivity contribution is 0.190. The Kier molecular flexibility index (Phi) is 3.98. The van der Waals surface area contributed by atoms with E-state index < -0.39 is 0 Å². The van der Waals surface area contributed by atoms with Gasteiger partial charge in [0.05, 0.1) is 0 Å². The molecule has 3 atom stereocenters. The molecule has 0 radical (unpaired) electrons. The number of halogens is 1. The Balaban J connectivity index is 2.00. The smallest absolute Gasteiger partial charge is 0.123 e. The zero-order valence-electron chi connectivity index (χ0n) is 10.9. The molecule has 1 aromatic carbocycles. The van der Waals surface area contributed by atoms with Crippen LogP contribution >= 0.6 is 11.6 Å². The van der Waals surface area contributed by atoms with E-state index in [2.05, 4.69) is 39.0 Å². The second kappa shape index (κ2) is 5.30. The maximum atomic E-state index is 6.20. The second-order valence-corrected chi connectivity index (χ2v) is 5.83. The van der Waals surface area contributed by atoms with Crippen molar-refractivity contribution in [2.45, 2.75) is 51.5 Å². The van der Waals surface area contributed by atoms with Crippen LogP contribution in [0.1, 0.15) is 37.8 Å². The summed E-state index contributed by atoms with van der Waals surface area (Å²) in [5.41, 5.74) is 2.66. The minimum Gasteiger partial charge on any atom is -0.490 e. The van der Waals surface area contributed by atoms with Gasteiger partial charge in [0.25, 0.3) is 0 Å². The van der Waals surface area contributed by atoms with Crippen LogP contribution < -0.4 is 4.74 Å². The quantitative estimate of drug-likeness (QED) is 0.725. The van der Waals surface area contributed by atoms with Crippen molar-refractivity contribution in [1.82, 2.24) is 0 Å². The molecule has 94 valence electrons. The first kappa shape index (κ1) is 12.8. The molecule has 0 aliphatic carbocycles. The summed E-state index contributed by atoms with van der Waals surface area (Å²) in [5, 5.41) is 0.231. The SMILES string of the molecule is CCC(CC1Cc2cc(C)ccc2O1)C(C)Cl. The predicted molar refractivity (Wildman–Crippen MR) is 73.0 cm³/mol. The van der Waals surface area contributed by atoms with Crippen LogP contribution in [0, 0.1) is 12.8 Å². The average Bonchev–Trinajstić information content (AvgIpc) is 2.66. The third kappa shape index (κ3) is 2.95. The highest BCUT2D eigenvalue weighted by Gasteiger charge is 2.26. The van der Waals surface area contributed by atoms with E-state index in [0.29, 0.717) is 12.0 Å². The molecule has 2 rings (SSSR count). The van der Waals surface area contributed by atoms with Gasteiger partial charge >= 0.3 is 0 Å². The third-order valence-corrected chi connectivity index (χ3v) is 4.05. The summed E-state index contributed by atoms with van der Waals surface area (Å²) < 4.78 is 5.99. The van der Waals surface area contributed by atoms with Crippen LogP contribution in [-0.4, -0.2) is 11.5 Å². The summed E-state index contributed by atoms with van der Waals surface area (Å²) in [7, 11) is 0. The number of hydrogen-bond acceptors (Lipinski definition) is 1. The Morgan fingerprint density at radius 1 is 1.47 bits per heavy atom. The van der Waals surface area contributed by atoms with E-state index in [9.17, 15) is 0 Å². The molecule has 0 saturated carbocycles. The van der Waals surface area contributed by atoms with Crippen molar-refractivity contribution in [3.8, 4) is 5.75 Å². The zero-order chi connectivity index (χ0) is 12.4. The van der Waals surface area contributed by atoms with Crippen LogP contribution in [0.25, 0.3) is 0 Å². The fourth-order valence-corrected chi connectivity index (χ4v) is 2.88. The highest BCUT2D eigenvalue weighted by Crippen LogP contribution is 2.33. The molecule has 1 aliphatic heterocycles. The summed E-state index contributed by atoms with van der Waals surface area (Å²) in [4.78, 5) is 0. The topological polar surface area (TPSA) is 9.23 Å². The monoisotopic (exact) mass is 252 g/mol. The van der Waals surface area contributed by atoms with Crippen molar-refractivity contribution >= 4 is 11.6 Å². The molecule has 1 heterocycles. The molecule has 1 nitrogen and oxygen atoms in total. The van der Waals surface area contributed by atoms with Gasteiger partial charge < -0.3 is 4.74 Å². The Morgan fingerprint density at radius 3 is 2.88 bits per heavy atom. The number of ether oxygens (including phenoxy) is 1. The molecule has 0 saturated heterocycles. The van der Waals surface area contributed by atoms with Gasteiger partial charge in [-0.25, -0.2) is 0 Å². The molecular weight excluding hydrogens is 232 g/mol. The molecule has 0 N–H and O–H groups in total. The third-order valence-electron chi connectivity index (χ3n) is 3.70. The lowest BCUT2D eigenvalue weighted by atomic mass is 9.93. The van der Waals surface area contributed by atoms with Gasteiger partial charge in [-0.1, -0.05) is 31.0 Å². The molecule has 0 bridgehead atoms. The molecule has 0 aromatic heterocycles. The Hall–Kier alpha value is -0.690. The highest BCUT2D eigenvalue weighted by atomic mass is 35.5. The van der Waals surface area contributed by atoms with E-state index in [1.54, 1.807) is 0 Å². The molecular formula is C15H21ClO. The van der Waals surface area contributed by atoms with Crippen LogP contribution in [0.3, 0.4) is 0 Å². The van der Waals surface area contributed by atoms with Crippen LogP contribution in [0.2, 0.25) is 0 Å². The number of rotatable bonds is 4. The minimum absolute atomic E-state index is 0.231. The fraction of sp³-hybridized carbons (Fsp3) is 0.600. The molecule has 0 amide bonds. The van der Waals surface area contributed by atoms with Crippen molar-refractivity contribution in [2.24, 2.45) is 5.92 Å². The fourth-order valence-electron chi connectivity index (χ4n) is 2.60. The van der Waals surface area contributed by atoms with Gasteiger partial charge in [0.2, 0.25) is 0 Å². The largest absolute Gasteiger partial charge is 0.490 e. The first-order valence-electron chi connectivity index (χ1n) is 6.50. The van der Waals surface area contributed by atoms with Gasteiger partial charge in [-0.3, -0.25) is 0 Å². The van der Waals surface area contributed by atoms with Gasteiger partial charge in [0.15, 0.2) is 0 Å². The Bertz CT molecular complexity index is 387. The summed E-state index contributed by atoms with van der Waals surface area (Å²) in [6.45, 7) is 6.42. The molecule has 3 unspecified atom stereocenters. The lowest BCUT2D eigenvalue weighted by Crippen LogP contribution is -2.22. The maximum Gasteiger partial charge on any atom is 0.123 e. The van der Waals surface area contributed by atoms with E-state index in [1.165, 1.54) is 11.1 Å². The predicted octanol–water partition coefficient (Wildman–Crippen LogP) is 4.34. The molecule has 0 spiro atoms. The minimum atomic E-state index is 0.231. The van der Waals surface area contributed by atoms with E-state index >= 15 is 0 Å². The van der Waals surface area contributed by atoms with Gasteiger partial charge in [-0.2, -0.15) is 0 Å². The van der Waals surface area contributed by atoms with Crippen molar-refractivity contribution in [1.29, 1.82) is 0 Å². The summed E-state index contributed by atoms with van der Waals surface area (Å²) >= 11 is 6.20. The molecule has 0 fully saturated rings. The molecule has 2 heteroatoms. The number of aryl methyl sites for hydroxylation is 1. The zero-order valence-corrected chi connectivity index (χ0v) is 11.6. The van der Waals surface area contributed by atoms with Crippen molar-refractivity contribution in [3.63, 3.8) is 0 Å². The normalized spacial score (nSPS) is 21.8. The van der Waals surface area contributed by atoms with E-state index in [0.717, 1.165) is 25.0 Å². The molecule has 17 heavy (non-hydrogen) atoms. The lowest BCUT2D eigenvalue weighted by Gasteiger charge is -2.21. The highest BCUT2D eigenvalue weighted by molar-refractivity contribution is 6.20. The van der Waals surface area contributed by atoms with Crippen LogP contribution in [-0.2, 0) is 6.42 Å². The van der Waals surface area contributed by atoms with Gasteiger partial charge in [-0.15, -0.1) is 11.6 Å². The van der Waals surface area contributed by atoms with Crippen LogP contribution in [0.15, 0.2) is 18.2 Å².